The normalized spacial score (nSPS) is 13.6. The van der Waals surface area contributed by atoms with Crippen LogP contribution in [0.2, 0.25) is 0 Å². The molecule has 0 radical (unpaired) electrons. The third-order valence-electron chi connectivity index (χ3n) is 3.42. The van der Waals surface area contributed by atoms with Crippen molar-refractivity contribution in [2.75, 3.05) is 20.6 Å². The number of hydrogen-bond donors (Lipinski definition) is 1. The minimum atomic E-state index is -0.854. The van der Waals surface area contributed by atoms with Gasteiger partial charge in [0, 0.05) is 6.54 Å². The molecule has 2 aromatic rings. The molecule has 0 aliphatic rings. The average molecular weight is 299 g/mol. The summed E-state index contributed by atoms with van der Waals surface area (Å²) in [7, 11) is 3.90. The van der Waals surface area contributed by atoms with Crippen LogP contribution in [0.25, 0.3) is 11.0 Å². The summed E-state index contributed by atoms with van der Waals surface area (Å²) >= 11 is 5.30. The smallest absolute Gasteiger partial charge is 0.184 e. The minimum Gasteiger partial charge on any atom is -0.330 e. The predicted molar refractivity (Wildman–Crippen MR) is 79.5 cm³/mol. The summed E-state index contributed by atoms with van der Waals surface area (Å²) in [6, 6.07) is 2.61. The predicted octanol–water partition coefficient (Wildman–Crippen LogP) is 3.74. The topological polar surface area (TPSA) is 24.0 Å². The second-order valence-corrected chi connectivity index (χ2v) is 6.02. The van der Waals surface area contributed by atoms with Gasteiger partial charge >= 0.3 is 0 Å². The highest BCUT2D eigenvalue weighted by atomic mass is 32.1. The highest BCUT2D eigenvalue weighted by Gasteiger charge is 2.23. The Morgan fingerprint density at radius 1 is 1.30 bits per heavy atom. The molecule has 0 amide bonds. The van der Waals surface area contributed by atoms with Gasteiger partial charge < -0.3 is 14.5 Å². The fraction of sp³-hybridized carbons (Fsp3) is 0.500. The lowest BCUT2D eigenvalue weighted by molar-refractivity contribution is 0.270. The van der Waals surface area contributed by atoms with E-state index in [0.29, 0.717) is 16.8 Å². The summed E-state index contributed by atoms with van der Waals surface area (Å²) in [5, 5.41) is 0. The van der Waals surface area contributed by atoms with E-state index in [1.54, 1.807) is 4.57 Å². The van der Waals surface area contributed by atoms with Crippen LogP contribution >= 0.6 is 12.2 Å². The molecule has 0 spiro atoms. The van der Waals surface area contributed by atoms with Crippen LogP contribution < -0.4 is 0 Å². The summed E-state index contributed by atoms with van der Waals surface area (Å²) in [4.78, 5) is 4.97. The molecular formula is C14H19F2N3S. The maximum absolute atomic E-state index is 14.2. The van der Waals surface area contributed by atoms with E-state index in [1.807, 2.05) is 32.8 Å². The summed E-state index contributed by atoms with van der Waals surface area (Å²) in [5.41, 5.74) is 0.744. The summed E-state index contributed by atoms with van der Waals surface area (Å²) in [6.45, 7) is 4.80. The van der Waals surface area contributed by atoms with Gasteiger partial charge in [-0.2, -0.15) is 0 Å². The van der Waals surface area contributed by atoms with Crippen LogP contribution in [0.1, 0.15) is 19.9 Å². The van der Waals surface area contributed by atoms with Gasteiger partial charge in [0.2, 0.25) is 0 Å². The van der Waals surface area contributed by atoms with Crippen molar-refractivity contribution < 1.29 is 8.78 Å². The Balaban J connectivity index is 2.71. The molecule has 3 nitrogen and oxygen atoms in total. The van der Waals surface area contributed by atoms with Crippen molar-refractivity contribution in [1.82, 2.24) is 14.5 Å². The number of likely N-dealkylation sites (N-methyl/N-ethyl adjacent to an activating group) is 1. The fourth-order valence-electron chi connectivity index (χ4n) is 2.43. The van der Waals surface area contributed by atoms with Crippen LogP contribution in [0.4, 0.5) is 8.78 Å². The Hall–Kier alpha value is -1.27. The minimum absolute atomic E-state index is 0.0254. The molecule has 1 atom stereocenters. The van der Waals surface area contributed by atoms with E-state index in [4.69, 9.17) is 12.2 Å². The maximum atomic E-state index is 14.2. The van der Waals surface area contributed by atoms with Crippen LogP contribution in [0.15, 0.2) is 12.1 Å². The number of imidazole rings is 1. The van der Waals surface area contributed by atoms with Crippen LogP contribution in [0.3, 0.4) is 0 Å². The van der Waals surface area contributed by atoms with Gasteiger partial charge in [0.05, 0.1) is 11.6 Å². The van der Waals surface area contributed by atoms with Crippen molar-refractivity contribution in [2.24, 2.45) is 5.92 Å². The molecule has 110 valence electrons. The van der Waals surface area contributed by atoms with Crippen molar-refractivity contribution in [3.8, 4) is 0 Å². The standard InChI is InChI=1S/C14H19F2N3S/c1-8(2)11(7-18(3)4)19-13-10(17-14(19)20)6-5-9(15)12(13)16/h5-6,8,11H,7H2,1-4H3,(H,17,20). The van der Waals surface area contributed by atoms with Crippen LogP contribution in [-0.2, 0) is 0 Å². The van der Waals surface area contributed by atoms with Crippen molar-refractivity contribution in [2.45, 2.75) is 19.9 Å². The number of H-pyrrole nitrogens is 1. The molecule has 0 saturated carbocycles. The second-order valence-electron chi connectivity index (χ2n) is 5.63. The largest absolute Gasteiger partial charge is 0.330 e. The number of nitrogens with zero attached hydrogens (tertiary/aromatic N) is 2. The van der Waals surface area contributed by atoms with E-state index in [2.05, 4.69) is 4.98 Å². The number of nitrogens with one attached hydrogen (secondary N) is 1. The van der Waals surface area contributed by atoms with E-state index in [1.165, 1.54) is 6.07 Å². The van der Waals surface area contributed by atoms with Gasteiger partial charge in [-0.05, 0) is 44.4 Å². The lowest BCUT2D eigenvalue weighted by atomic mass is 10.0. The summed E-state index contributed by atoms with van der Waals surface area (Å²) in [6.07, 6.45) is 0. The van der Waals surface area contributed by atoms with Crippen LogP contribution in [0.5, 0.6) is 0 Å². The molecule has 1 heterocycles. The third kappa shape index (κ3) is 2.62. The van der Waals surface area contributed by atoms with Crippen LogP contribution in [0, 0.1) is 22.3 Å². The molecular weight excluding hydrogens is 280 g/mol. The Bertz CT molecular complexity index is 673. The average Bonchev–Trinajstić information content (AvgIpc) is 2.67. The zero-order valence-electron chi connectivity index (χ0n) is 12.1. The van der Waals surface area contributed by atoms with Gasteiger partial charge in [-0.1, -0.05) is 13.8 Å². The van der Waals surface area contributed by atoms with Gasteiger partial charge in [-0.25, -0.2) is 8.78 Å². The first-order valence-electron chi connectivity index (χ1n) is 6.56. The lowest BCUT2D eigenvalue weighted by Gasteiger charge is -2.26. The SMILES string of the molecule is CC(C)C(CN(C)C)n1c(=S)[nH]c2ccc(F)c(F)c21. The molecule has 0 bridgehead atoms. The monoisotopic (exact) mass is 299 g/mol. The first-order valence-corrected chi connectivity index (χ1v) is 6.96. The number of aromatic nitrogens is 2. The van der Waals surface area contributed by atoms with Crippen LogP contribution in [-0.4, -0.2) is 35.1 Å². The molecule has 6 heteroatoms. The van der Waals surface area contributed by atoms with E-state index < -0.39 is 11.6 Å². The zero-order valence-corrected chi connectivity index (χ0v) is 12.9. The van der Waals surface area contributed by atoms with Crippen molar-refractivity contribution in [1.29, 1.82) is 0 Å². The summed E-state index contributed by atoms with van der Waals surface area (Å²) < 4.78 is 29.8. The Morgan fingerprint density at radius 3 is 2.50 bits per heavy atom. The van der Waals surface area contributed by atoms with E-state index in [0.717, 1.165) is 6.07 Å². The molecule has 1 unspecified atom stereocenters. The Labute approximate surface area is 122 Å². The molecule has 1 aromatic carbocycles. The molecule has 0 fully saturated rings. The number of halogens is 2. The second kappa shape index (κ2) is 5.61. The molecule has 20 heavy (non-hydrogen) atoms. The molecule has 1 aromatic heterocycles. The first-order chi connectivity index (χ1) is 9.32. The van der Waals surface area contributed by atoms with Gasteiger partial charge in [0.15, 0.2) is 16.4 Å². The van der Waals surface area contributed by atoms with Gasteiger partial charge in [0.1, 0.15) is 5.52 Å². The molecule has 0 aliphatic heterocycles. The Morgan fingerprint density at radius 2 is 1.95 bits per heavy atom. The Kier molecular flexibility index (Phi) is 4.25. The zero-order chi connectivity index (χ0) is 15.0. The maximum Gasteiger partial charge on any atom is 0.184 e. The van der Waals surface area contributed by atoms with Gasteiger partial charge in [-0.3, -0.25) is 0 Å². The molecule has 0 saturated heterocycles. The van der Waals surface area contributed by atoms with Crippen molar-refractivity contribution in [3.63, 3.8) is 0 Å². The first kappa shape index (κ1) is 15.1. The van der Waals surface area contributed by atoms with E-state index in [9.17, 15) is 8.78 Å². The van der Waals surface area contributed by atoms with Gasteiger partial charge in [-0.15, -0.1) is 0 Å². The van der Waals surface area contributed by atoms with Gasteiger partial charge in [0.25, 0.3) is 0 Å². The van der Waals surface area contributed by atoms with E-state index in [-0.39, 0.29) is 17.5 Å². The highest BCUT2D eigenvalue weighted by molar-refractivity contribution is 7.71. The number of fused-ring (bicyclic) bond motifs is 1. The lowest BCUT2D eigenvalue weighted by Crippen LogP contribution is -2.28. The highest BCUT2D eigenvalue weighted by Crippen LogP contribution is 2.28. The van der Waals surface area contributed by atoms with Crippen molar-refractivity contribution >= 4 is 23.3 Å². The van der Waals surface area contributed by atoms with E-state index >= 15 is 0 Å². The molecule has 0 aliphatic carbocycles. The molecule has 2 rings (SSSR count). The number of aromatic amines is 1. The number of rotatable bonds is 4. The summed E-state index contributed by atoms with van der Waals surface area (Å²) in [5.74, 6) is -1.46. The number of hydrogen-bond acceptors (Lipinski definition) is 2. The molecule has 1 N–H and O–H groups in total. The third-order valence-corrected chi connectivity index (χ3v) is 3.72. The quantitative estimate of drug-likeness (QED) is 0.870. The number of benzene rings is 1. The fourth-order valence-corrected chi connectivity index (χ4v) is 2.77. The van der Waals surface area contributed by atoms with Crippen molar-refractivity contribution in [3.05, 3.63) is 28.5 Å².